The minimum absolute atomic E-state index is 0.202. The summed E-state index contributed by atoms with van der Waals surface area (Å²) in [5.74, 6) is 0. The number of benzene rings is 1. The maximum Gasteiger partial charge on any atom is 0.416 e. The number of halogens is 4. The highest BCUT2D eigenvalue weighted by Crippen LogP contribution is 2.33. The molecular weight excluding hydrogens is 375 g/mol. The van der Waals surface area contributed by atoms with Gasteiger partial charge >= 0.3 is 6.18 Å². The second-order valence-corrected chi connectivity index (χ2v) is 6.68. The molecule has 0 saturated carbocycles. The van der Waals surface area contributed by atoms with E-state index in [1.54, 1.807) is 42.9 Å². The first-order chi connectivity index (χ1) is 12.7. The van der Waals surface area contributed by atoms with Crippen LogP contribution in [-0.2, 0) is 12.7 Å². The summed E-state index contributed by atoms with van der Waals surface area (Å²) in [5, 5.41) is 10.1. The van der Waals surface area contributed by atoms with Gasteiger partial charge in [0.05, 0.1) is 16.7 Å². The van der Waals surface area contributed by atoms with Gasteiger partial charge in [-0.05, 0) is 43.7 Å². The lowest BCUT2D eigenvalue weighted by atomic mass is 10.1. The Bertz CT molecular complexity index is 1090. The van der Waals surface area contributed by atoms with Gasteiger partial charge in [0.25, 0.3) is 0 Å². The van der Waals surface area contributed by atoms with Crippen molar-refractivity contribution in [3.8, 4) is 6.07 Å². The third-order valence-electron chi connectivity index (χ3n) is 4.18. The summed E-state index contributed by atoms with van der Waals surface area (Å²) in [6.45, 7) is 3.44. The Morgan fingerprint density at radius 3 is 2.70 bits per heavy atom. The van der Waals surface area contributed by atoms with Crippen molar-refractivity contribution in [1.29, 1.82) is 5.26 Å². The van der Waals surface area contributed by atoms with Gasteiger partial charge in [0.1, 0.15) is 5.65 Å². The molecule has 2 heterocycles. The fourth-order valence-electron chi connectivity index (χ4n) is 2.98. The maximum absolute atomic E-state index is 13.1. The third-order valence-corrected chi connectivity index (χ3v) is 4.67. The van der Waals surface area contributed by atoms with Crippen molar-refractivity contribution in [1.82, 2.24) is 9.55 Å². The summed E-state index contributed by atoms with van der Waals surface area (Å²) >= 11 is 6.33. The van der Waals surface area contributed by atoms with Crippen molar-refractivity contribution in [3.63, 3.8) is 0 Å². The summed E-state index contributed by atoms with van der Waals surface area (Å²) in [6, 6.07) is 9.55. The molecule has 0 aliphatic rings. The zero-order valence-corrected chi connectivity index (χ0v) is 15.4. The molecule has 1 aromatic carbocycles. The van der Waals surface area contributed by atoms with E-state index in [1.807, 2.05) is 12.1 Å². The Labute approximate surface area is 159 Å². The summed E-state index contributed by atoms with van der Waals surface area (Å²) in [5.41, 5.74) is 1.93. The number of rotatable bonds is 3. The van der Waals surface area contributed by atoms with Crippen LogP contribution in [-0.4, -0.2) is 9.55 Å². The molecular formula is C20H15ClF3N3. The molecule has 0 radical (unpaired) electrons. The highest BCUT2D eigenvalue weighted by molar-refractivity contribution is 6.50. The van der Waals surface area contributed by atoms with E-state index in [9.17, 15) is 13.2 Å². The van der Waals surface area contributed by atoms with Crippen LogP contribution in [0.5, 0.6) is 0 Å². The van der Waals surface area contributed by atoms with Crippen molar-refractivity contribution in [3.05, 3.63) is 70.6 Å². The van der Waals surface area contributed by atoms with Gasteiger partial charge in [0.15, 0.2) is 0 Å². The van der Waals surface area contributed by atoms with Crippen LogP contribution in [0.3, 0.4) is 0 Å². The van der Waals surface area contributed by atoms with Gasteiger partial charge in [-0.2, -0.15) is 18.4 Å². The number of hydrogen-bond donors (Lipinski definition) is 0. The SMILES string of the molecule is C/C(C#N)=C(\Cl)c1cn(Cc2cc(C)cc(C(F)(F)F)c2)c2ncccc12. The summed E-state index contributed by atoms with van der Waals surface area (Å²) in [7, 11) is 0. The standard InChI is InChI=1S/C20H15ClF3N3/c1-12-6-14(8-15(7-12)20(22,23)24)10-27-11-17(18(21)13(2)9-25)16-4-3-5-26-19(16)27/h3-8,11H,10H2,1-2H3/b18-13+. The van der Waals surface area contributed by atoms with Crippen molar-refractivity contribution in [2.75, 3.05) is 0 Å². The Balaban J connectivity index is 2.12. The fraction of sp³-hybridized carbons (Fsp3) is 0.200. The van der Waals surface area contributed by atoms with Crippen molar-refractivity contribution < 1.29 is 13.2 Å². The summed E-state index contributed by atoms with van der Waals surface area (Å²) in [4.78, 5) is 4.34. The quantitative estimate of drug-likeness (QED) is 0.523. The number of fused-ring (bicyclic) bond motifs is 1. The van der Waals surface area contributed by atoms with Crippen molar-refractivity contribution >= 4 is 27.7 Å². The van der Waals surface area contributed by atoms with Crippen LogP contribution in [0, 0.1) is 18.3 Å². The first-order valence-electron chi connectivity index (χ1n) is 8.09. The summed E-state index contributed by atoms with van der Waals surface area (Å²) < 4.78 is 41.1. The molecule has 0 unspecified atom stereocenters. The second kappa shape index (κ2) is 7.09. The van der Waals surface area contributed by atoms with Crippen molar-refractivity contribution in [2.24, 2.45) is 0 Å². The van der Waals surface area contributed by atoms with Crippen LogP contribution in [0.15, 0.2) is 48.3 Å². The molecule has 0 fully saturated rings. The highest BCUT2D eigenvalue weighted by Gasteiger charge is 2.31. The minimum atomic E-state index is -4.40. The average molecular weight is 390 g/mol. The smallest absolute Gasteiger partial charge is 0.327 e. The molecule has 0 spiro atoms. The van der Waals surface area contributed by atoms with Crippen LogP contribution < -0.4 is 0 Å². The molecule has 3 rings (SSSR count). The van der Waals surface area contributed by atoms with E-state index in [0.29, 0.717) is 32.9 Å². The van der Waals surface area contributed by atoms with E-state index in [2.05, 4.69) is 4.98 Å². The van der Waals surface area contributed by atoms with E-state index in [1.165, 1.54) is 0 Å². The predicted molar refractivity (Wildman–Crippen MR) is 99.1 cm³/mol. The number of nitrogens with zero attached hydrogens (tertiary/aromatic N) is 3. The molecule has 0 saturated heterocycles. The fourth-order valence-corrected chi connectivity index (χ4v) is 3.18. The van der Waals surface area contributed by atoms with E-state index in [0.717, 1.165) is 17.5 Å². The number of allylic oxidation sites excluding steroid dienone is 1. The molecule has 3 aromatic rings. The molecule has 138 valence electrons. The zero-order valence-electron chi connectivity index (χ0n) is 14.6. The van der Waals surface area contributed by atoms with Gasteiger partial charge in [0.2, 0.25) is 0 Å². The molecule has 0 atom stereocenters. The van der Waals surface area contributed by atoms with Gasteiger partial charge in [-0.3, -0.25) is 0 Å². The maximum atomic E-state index is 13.1. The Morgan fingerprint density at radius 1 is 1.30 bits per heavy atom. The van der Waals surface area contributed by atoms with Crippen LogP contribution in [0.1, 0.15) is 29.2 Å². The largest absolute Gasteiger partial charge is 0.416 e. The van der Waals surface area contributed by atoms with Gasteiger partial charge in [-0.15, -0.1) is 0 Å². The van der Waals surface area contributed by atoms with E-state index < -0.39 is 11.7 Å². The lowest BCUT2D eigenvalue weighted by Crippen LogP contribution is -2.07. The monoisotopic (exact) mass is 389 g/mol. The Morgan fingerprint density at radius 2 is 2.04 bits per heavy atom. The lowest BCUT2D eigenvalue weighted by Gasteiger charge is -2.11. The van der Waals surface area contributed by atoms with Gasteiger partial charge in [-0.1, -0.05) is 23.2 Å². The van der Waals surface area contributed by atoms with Gasteiger partial charge < -0.3 is 4.57 Å². The third kappa shape index (κ3) is 3.83. The molecule has 3 nitrogen and oxygen atoms in total. The number of aryl methyl sites for hydroxylation is 1. The van der Waals surface area contributed by atoms with Crippen LogP contribution in [0.2, 0.25) is 0 Å². The Kier molecular flexibility index (Phi) is 4.99. The number of aromatic nitrogens is 2. The van der Waals surface area contributed by atoms with Crippen LogP contribution >= 0.6 is 11.6 Å². The lowest BCUT2D eigenvalue weighted by molar-refractivity contribution is -0.137. The topological polar surface area (TPSA) is 41.6 Å². The number of alkyl halides is 3. The molecule has 0 N–H and O–H groups in total. The number of hydrogen-bond acceptors (Lipinski definition) is 2. The van der Waals surface area contributed by atoms with Crippen molar-refractivity contribution in [2.45, 2.75) is 26.6 Å². The average Bonchev–Trinajstić information content (AvgIpc) is 2.98. The van der Waals surface area contributed by atoms with Crippen LogP contribution in [0.25, 0.3) is 16.1 Å². The van der Waals surface area contributed by atoms with E-state index in [-0.39, 0.29) is 6.54 Å². The molecule has 0 amide bonds. The molecule has 7 heteroatoms. The second-order valence-electron chi connectivity index (χ2n) is 6.30. The molecule has 0 aliphatic heterocycles. The Hall–Kier alpha value is -2.78. The normalized spacial score (nSPS) is 12.8. The molecule has 0 bridgehead atoms. The zero-order chi connectivity index (χ0) is 19.8. The number of nitriles is 1. The predicted octanol–water partition coefficient (Wildman–Crippen LogP) is 5.91. The minimum Gasteiger partial charge on any atom is -0.327 e. The molecule has 2 aromatic heterocycles. The first-order valence-corrected chi connectivity index (χ1v) is 8.47. The van der Waals surface area contributed by atoms with E-state index in [4.69, 9.17) is 16.9 Å². The van der Waals surface area contributed by atoms with Gasteiger partial charge in [0, 0.05) is 35.5 Å². The molecule has 0 aliphatic carbocycles. The summed E-state index contributed by atoms with van der Waals surface area (Å²) in [6.07, 6.45) is -1.08. The van der Waals surface area contributed by atoms with Crippen LogP contribution in [0.4, 0.5) is 13.2 Å². The van der Waals surface area contributed by atoms with E-state index >= 15 is 0 Å². The first kappa shape index (κ1) is 19.0. The highest BCUT2D eigenvalue weighted by atomic mass is 35.5. The number of pyridine rings is 1. The van der Waals surface area contributed by atoms with Gasteiger partial charge in [-0.25, -0.2) is 4.98 Å². The molecule has 27 heavy (non-hydrogen) atoms.